The number of nitrogens with zero attached hydrogens (tertiary/aromatic N) is 1. The third-order valence-electron chi connectivity index (χ3n) is 3.96. The lowest BCUT2D eigenvalue weighted by molar-refractivity contribution is 0.0949. The van der Waals surface area contributed by atoms with Gasteiger partial charge in [0.05, 0.1) is 19.0 Å². The van der Waals surface area contributed by atoms with E-state index in [2.05, 4.69) is 15.6 Å². The van der Waals surface area contributed by atoms with Crippen LogP contribution in [0, 0.1) is 0 Å². The van der Waals surface area contributed by atoms with Gasteiger partial charge in [-0.3, -0.25) is 4.79 Å². The van der Waals surface area contributed by atoms with Crippen LogP contribution in [0.4, 0.5) is 11.4 Å². The molecule has 0 spiro atoms. The second-order valence-electron chi connectivity index (χ2n) is 5.92. The minimum atomic E-state index is -0.198. The van der Waals surface area contributed by atoms with Gasteiger partial charge in [0.1, 0.15) is 11.4 Å². The summed E-state index contributed by atoms with van der Waals surface area (Å²) in [4.78, 5) is 16.5. The van der Waals surface area contributed by atoms with Crippen molar-refractivity contribution in [2.24, 2.45) is 0 Å². The number of ether oxygens (including phenoxy) is 1. The summed E-state index contributed by atoms with van der Waals surface area (Å²) in [5, 5.41) is 6.77. The van der Waals surface area contributed by atoms with Crippen LogP contribution in [0.25, 0.3) is 0 Å². The Labute approximate surface area is 163 Å². The molecular weight excluding hydrogens is 362 g/mol. The maximum Gasteiger partial charge on any atom is 0.269 e. The maximum absolute atomic E-state index is 12.2. The van der Waals surface area contributed by atoms with Crippen molar-refractivity contribution in [3.8, 4) is 5.75 Å². The van der Waals surface area contributed by atoms with E-state index in [-0.39, 0.29) is 5.91 Å². The Morgan fingerprint density at radius 3 is 2.56 bits per heavy atom. The van der Waals surface area contributed by atoms with E-state index in [0.717, 1.165) is 29.1 Å². The van der Waals surface area contributed by atoms with Gasteiger partial charge in [0.2, 0.25) is 0 Å². The molecule has 2 aromatic carbocycles. The van der Waals surface area contributed by atoms with Crippen LogP contribution in [0.3, 0.4) is 0 Å². The quantitative estimate of drug-likeness (QED) is 0.634. The topological polar surface area (TPSA) is 63.2 Å². The number of anilines is 2. The second kappa shape index (κ2) is 9.05. The minimum absolute atomic E-state index is 0.198. The van der Waals surface area contributed by atoms with E-state index in [9.17, 15) is 4.79 Å². The zero-order valence-electron chi connectivity index (χ0n) is 14.9. The highest BCUT2D eigenvalue weighted by molar-refractivity contribution is 6.30. The molecule has 1 aromatic heterocycles. The standard InChI is InChI=1S/C21H20ClN3O2/c1-27-19-4-2-3-15(13-19)11-12-23-21(26)20-10-9-18(14-24-20)25-17-7-5-16(22)6-8-17/h2-10,13-14,25H,11-12H2,1H3,(H,23,26). The van der Waals surface area contributed by atoms with Crippen molar-refractivity contribution in [3.63, 3.8) is 0 Å². The molecule has 0 aliphatic heterocycles. The molecule has 2 N–H and O–H groups in total. The van der Waals surface area contributed by atoms with Crippen LogP contribution in [-0.2, 0) is 6.42 Å². The molecule has 0 aliphatic carbocycles. The fourth-order valence-electron chi connectivity index (χ4n) is 2.54. The molecule has 0 saturated heterocycles. The number of hydrogen-bond acceptors (Lipinski definition) is 4. The van der Waals surface area contributed by atoms with Crippen molar-refractivity contribution in [2.45, 2.75) is 6.42 Å². The first-order valence-corrected chi connectivity index (χ1v) is 8.91. The number of amides is 1. The Hall–Kier alpha value is -3.05. The highest BCUT2D eigenvalue weighted by atomic mass is 35.5. The van der Waals surface area contributed by atoms with E-state index < -0.39 is 0 Å². The zero-order valence-corrected chi connectivity index (χ0v) is 15.7. The highest BCUT2D eigenvalue weighted by Crippen LogP contribution is 2.18. The van der Waals surface area contributed by atoms with Crippen molar-refractivity contribution >= 4 is 28.9 Å². The number of benzene rings is 2. The first-order chi connectivity index (χ1) is 13.1. The van der Waals surface area contributed by atoms with Crippen LogP contribution >= 0.6 is 11.6 Å². The number of pyridine rings is 1. The van der Waals surface area contributed by atoms with E-state index in [4.69, 9.17) is 16.3 Å². The van der Waals surface area contributed by atoms with E-state index in [1.807, 2.05) is 54.6 Å². The Morgan fingerprint density at radius 1 is 1.07 bits per heavy atom. The van der Waals surface area contributed by atoms with Gasteiger partial charge in [-0.15, -0.1) is 0 Å². The molecule has 5 nitrogen and oxygen atoms in total. The molecule has 3 aromatic rings. The summed E-state index contributed by atoms with van der Waals surface area (Å²) >= 11 is 5.88. The zero-order chi connectivity index (χ0) is 19.1. The lowest BCUT2D eigenvalue weighted by atomic mass is 10.1. The average Bonchev–Trinajstić information content (AvgIpc) is 2.70. The number of hydrogen-bond donors (Lipinski definition) is 2. The van der Waals surface area contributed by atoms with Crippen LogP contribution in [-0.4, -0.2) is 24.5 Å². The van der Waals surface area contributed by atoms with Crippen molar-refractivity contribution in [3.05, 3.63) is 83.1 Å². The molecule has 0 saturated carbocycles. The lowest BCUT2D eigenvalue weighted by Crippen LogP contribution is -2.26. The number of carbonyl (C=O) groups is 1. The predicted octanol–water partition coefficient (Wildman–Crippen LogP) is 4.46. The molecule has 1 amide bonds. The summed E-state index contributed by atoms with van der Waals surface area (Å²) in [6.45, 7) is 0.526. The van der Waals surface area contributed by atoms with E-state index >= 15 is 0 Å². The molecule has 0 unspecified atom stereocenters. The summed E-state index contributed by atoms with van der Waals surface area (Å²) < 4.78 is 5.20. The molecule has 0 atom stereocenters. The van der Waals surface area contributed by atoms with Crippen molar-refractivity contribution < 1.29 is 9.53 Å². The van der Waals surface area contributed by atoms with Gasteiger partial charge in [0.25, 0.3) is 5.91 Å². The minimum Gasteiger partial charge on any atom is -0.497 e. The third-order valence-corrected chi connectivity index (χ3v) is 4.21. The van der Waals surface area contributed by atoms with E-state index in [1.54, 1.807) is 19.4 Å². The first-order valence-electron chi connectivity index (χ1n) is 8.54. The molecule has 3 rings (SSSR count). The number of carbonyl (C=O) groups excluding carboxylic acids is 1. The van der Waals surface area contributed by atoms with Crippen molar-refractivity contribution in [1.29, 1.82) is 0 Å². The van der Waals surface area contributed by atoms with Gasteiger partial charge in [-0.25, -0.2) is 4.98 Å². The van der Waals surface area contributed by atoms with Crippen LogP contribution in [0.5, 0.6) is 5.75 Å². The Balaban J connectivity index is 1.51. The Bertz CT molecular complexity index is 896. The summed E-state index contributed by atoms with van der Waals surface area (Å²) in [5.41, 5.74) is 3.18. The Kier molecular flexibility index (Phi) is 6.28. The lowest BCUT2D eigenvalue weighted by Gasteiger charge is -2.08. The third kappa shape index (κ3) is 5.46. The van der Waals surface area contributed by atoms with Gasteiger partial charge in [0, 0.05) is 17.3 Å². The molecule has 0 aliphatic rings. The predicted molar refractivity (Wildman–Crippen MR) is 108 cm³/mol. The second-order valence-corrected chi connectivity index (χ2v) is 6.36. The van der Waals surface area contributed by atoms with E-state index in [1.165, 1.54) is 0 Å². The highest BCUT2D eigenvalue weighted by Gasteiger charge is 2.07. The molecule has 0 bridgehead atoms. The fourth-order valence-corrected chi connectivity index (χ4v) is 2.67. The summed E-state index contributed by atoms with van der Waals surface area (Å²) in [6.07, 6.45) is 2.35. The number of aromatic nitrogens is 1. The van der Waals surface area contributed by atoms with Gasteiger partial charge in [-0.05, 0) is 60.5 Å². The van der Waals surface area contributed by atoms with Gasteiger partial charge in [-0.2, -0.15) is 0 Å². The molecule has 1 heterocycles. The smallest absolute Gasteiger partial charge is 0.269 e. The summed E-state index contributed by atoms with van der Waals surface area (Å²) in [7, 11) is 1.64. The van der Waals surface area contributed by atoms with E-state index in [0.29, 0.717) is 17.3 Å². The van der Waals surface area contributed by atoms with Gasteiger partial charge < -0.3 is 15.4 Å². The molecule has 6 heteroatoms. The van der Waals surface area contributed by atoms with Crippen molar-refractivity contribution in [1.82, 2.24) is 10.3 Å². The number of halogens is 1. The summed E-state index contributed by atoms with van der Waals surface area (Å²) in [6, 6.07) is 18.7. The van der Waals surface area contributed by atoms with Crippen LogP contribution in [0.1, 0.15) is 16.1 Å². The largest absolute Gasteiger partial charge is 0.497 e. The van der Waals surface area contributed by atoms with Crippen molar-refractivity contribution in [2.75, 3.05) is 19.0 Å². The van der Waals surface area contributed by atoms with Crippen LogP contribution < -0.4 is 15.4 Å². The first kappa shape index (κ1) is 18.7. The fraction of sp³-hybridized carbons (Fsp3) is 0.143. The van der Waals surface area contributed by atoms with Gasteiger partial charge in [0.15, 0.2) is 0 Å². The molecule has 0 radical (unpaired) electrons. The Morgan fingerprint density at radius 2 is 1.85 bits per heavy atom. The molecule has 27 heavy (non-hydrogen) atoms. The maximum atomic E-state index is 12.2. The molecular formula is C21H20ClN3O2. The monoisotopic (exact) mass is 381 g/mol. The molecule has 138 valence electrons. The summed E-state index contributed by atoms with van der Waals surface area (Å²) in [5.74, 6) is 0.611. The van der Waals surface area contributed by atoms with Gasteiger partial charge >= 0.3 is 0 Å². The number of nitrogens with one attached hydrogen (secondary N) is 2. The van der Waals surface area contributed by atoms with Crippen LogP contribution in [0.2, 0.25) is 5.02 Å². The average molecular weight is 382 g/mol. The number of rotatable bonds is 7. The number of methoxy groups -OCH3 is 1. The van der Waals surface area contributed by atoms with Crippen LogP contribution in [0.15, 0.2) is 66.9 Å². The SMILES string of the molecule is COc1cccc(CCNC(=O)c2ccc(Nc3ccc(Cl)cc3)cn2)c1. The van der Waals surface area contributed by atoms with Gasteiger partial charge in [-0.1, -0.05) is 23.7 Å². The molecule has 0 fully saturated rings. The normalized spacial score (nSPS) is 10.3.